The van der Waals surface area contributed by atoms with Crippen molar-refractivity contribution in [1.82, 2.24) is 15.2 Å². The predicted octanol–water partition coefficient (Wildman–Crippen LogP) is 2.11. The summed E-state index contributed by atoms with van der Waals surface area (Å²) in [6.45, 7) is 2.62. The first-order chi connectivity index (χ1) is 10.8. The van der Waals surface area contributed by atoms with Gasteiger partial charge in [-0.1, -0.05) is 11.3 Å². The van der Waals surface area contributed by atoms with Crippen molar-refractivity contribution in [1.29, 1.82) is 0 Å². The quantitative estimate of drug-likeness (QED) is 0.836. The second kappa shape index (κ2) is 5.76. The Morgan fingerprint density at radius 3 is 2.65 bits per heavy atom. The monoisotopic (exact) mass is 343 g/mol. The van der Waals surface area contributed by atoms with Crippen LogP contribution in [0.4, 0.5) is 24.0 Å². The van der Waals surface area contributed by atoms with E-state index in [9.17, 15) is 18.0 Å². The normalized spacial score (nSPS) is 16.1. The highest BCUT2D eigenvalue weighted by Gasteiger charge is 2.34. The molecule has 0 unspecified atom stereocenters. The highest BCUT2D eigenvalue weighted by molar-refractivity contribution is 7.15. The number of carbonyl (C=O) groups excluding carboxylic acids is 1. The summed E-state index contributed by atoms with van der Waals surface area (Å²) in [6.07, 6.45) is -3.48. The first kappa shape index (κ1) is 15.7. The van der Waals surface area contributed by atoms with Gasteiger partial charge in [0.2, 0.25) is 11.0 Å². The third kappa shape index (κ3) is 3.26. The van der Waals surface area contributed by atoms with Crippen LogP contribution in [0.1, 0.15) is 10.7 Å². The molecule has 2 aromatic heterocycles. The summed E-state index contributed by atoms with van der Waals surface area (Å²) in [5.41, 5.74) is -0.810. The number of hydrogen-bond acceptors (Lipinski definition) is 6. The molecular weight excluding hydrogens is 331 g/mol. The second-order valence-electron chi connectivity index (χ2n) is 4.97. The number of halogens is 3. The highest BCUT2D eigenvalue weighted by atomic mass is 32.1. The Morgan fingerprint density at radius 2 is 2.04 bits per heavy atom. The number of rotatable bonds is 2. The Hall–Kier alpha value is -2.23. The van der Waals surface area contributed by atoms with Crippen molar-refractivity contribution in [2.75, 3.05) is 29.4 Å². The summed E-state index contributed by atoms with van der Waals surface area (Å²) in [4.78, 5) is 18.7. The number of amides is 1. The van der Waals surface area contributed by atoms with E-state index in [0.717, 1.165) is 17.3 Å². The van der Waals surface area contributed by atoms with Crippen molar-refractivity contribution in [2.45, 2.75) is 13.1 Å². The lowest BCUT2D eigenvalue weighted by molar-refractivity contribution is -0.141. The van der Waals surface area contributed by atoms with Crippen LogP contribution in [0.3, 0.4) is 0 Å². The van der Waals surface area contributed by atoms with Crippen LogP contribution in [-0.4, -0.2) is 40.7 Å². The van der Waals surface area contributed by atoms with Crippen LogP contribution in [0.2, 0.25) is 0 Å². The Labute approximate surface area is 133 Å². The second-order valence-corrected chi connectivity index (χ2v) is 6.13. The Bertz CT molecular complexity index is 732. The lowest BCUT2D eigenvalue weighted by Gasteiger charge is -2.34. The van der Waals surface area contributed by atoms with Crippen molar-refractivity contribution in [3.8, 4) is 0 Å². The average Bonchev–Trinajstić information content (AvgIpc) is 2.93. The van der Waals surface area contributed by atoms with Gasteiger partial charge in [-0.25, -0.2) is 0 Å². The van der Waals surface area contributed by atoms with Crippen LogP contribution < -0.4 is 9.80 Å². The Balaban J connectivity index is 1.77. The molecule has 0 aromatic carbocycles. The van der Waals surface area contributed by atoms with Gasteiger partial charge >= 0.3 is 6.18 Å². The van der Waals surface area contributed by atoms with Gasteiger partial charge in [-0.2, -0.15) is 13.2 Å². The van der Waals surface area contributed by atoms with E-state index in [1.54, 1.807) is 4.90 Å². The summed E-state index contributed by atoms with van der Waals surface area (Å²) in [5, 5.41) is 9.31. The summed E-state index contributed by atoms with van der Waals surface area (Å²) < 4.78 is 38.2. The van der Waals surface area contributed by atoms with Crippen molar-refractivity contribution in [3.63, 3.8) is 0 Å². The maximum atomic E-state index is 12.7. The molecule has 0 radical (unpaired) electrons. The van der Waals surface area contributed by atoms with E-state index in [0.29, 0.717) is 11.7 Å². The number of alkyl halides is 3. The molecular formula is C13H12F3N5OS. The molecule has 6 nitrogen and oxygen atoms in total. The van der Waals surface area contributed by atoms with Gasteiger partial charge in [-0.3, -0.25) is 9.78 Å². The number of anilines is 2. The minimum atomic E-state index is -4.54. The van der Waals surface area contributed by atoms with E-state index >= 15 is 0 Å². The largest absolute Gasteiger partial charge is 0.433 e. The topological polar surface area (TPSA) is 62.2 Å². The van der Waals surface area contributed by atoms with Crippen LogP contribution in [0.5, 0.6) is 0 Å². The van der Waals surface area contributed by atoms with E-state index in [2.05, 4.69) is 15.2 Å². The smallest absolute Gasteiger partial charge is 0.336 e. The lowest BCUT2D eigenvalue weighted by Crippen LogP contribution is -2.50. The van der Waals surface area contributed by atoms with E-state index in [1.165, 1.54) is 22.3 Å². The zero-order valence-corrected chi connectivity index (χ0v) is 12.9. The molecule has 10 heteroatoms. The third-order valence-corrected chi connectivity index (χ3v) is 4.25. The number of nitrogens with zero attached hydrogens (tertiary/aromatic N) is 5. The van der Waals surface area contributed by atoms with Gasteiger partial charge in [-0.15, -0.1) is 10.2 Å². The van der Waals surface area contributed by atoms with Crippen LogP contribution in [0, 0.1) is 6.92 Å². The highest BCUT2D eigenvalue weighted by Crippen LogP contribution is 2.30. The molecule has 0 bridgehead atoms. The molecule has 1 fully saturated rings. The van der Waals surface area contributed by atoms with Crippen LogP contribution in [0.25, 0.3) is 0 Å². The lowest BCUT2D eigenvalue weighted by atomic mass is 10.2. The maximum absolute atomic E-state index is 12.7. The molecule has 3 heterocycles. The maximum Gasteiger partial charge on any atom is 0.433 e. The molecule has 2 aromatic rings. The standard InChI is InChI=1S/C13H12F3N5OS/c1-8-18-19-12(23-8)20-4-5-21(11(22)7-20)9-2-3-17-10(6-9)13(14,15)16/h2-3,6H,4-5,7H2,1H3. The van der Waals surface area contributed by atoms with Gasteiger partial charge in [-0.05, 0) is 19.1 Å². The van der Waals surface area contributed by atoms with Gasteiger partial charge in [0.15, 0.2) is 0 Å². The van der Waals surface area contributed by atoms with Gasteiger partial charge in [0.25, 0.3) is 0 Å². The molecule has 0 spiro atoms. The zero-order chi connectivity index (χ0) is 16.6. The Morgan fingerprint density at radius 1 is 1.26 bits per heavy atom. The number of aryl methyl sites for hydroxylation is 1. The van der Waals surface area contributed by atoms with Crippen LogP contribution in [0.15, 0.2) is 18.3 Å². The van der Waals surface area contributed by atoms with Crippen molar-refractivity contribution < 1.29 is 18.0 Å². The van der Waals surface area contributed by atoms with Gasteiger partial charge in [0, 0.05) is 25.0 Å². The summed E-state index contributed by atoms with van der Waals surface area (Å²) >= 11 is 1.37. The molecule has 3 rings (SSSR count). The SMILES string of the molecule is Cc1nnc(N2CCN(c3ccnc(C(F)(F)F)c3)C(=O)C2)s1. The van der Waals surface area contributed by atoms with E-state index in [1.807, 2.05) is 6.92 Å². The molecule has 0 atom stereocenters. The van der Waals surface area contributed by atoms with E-state index < -0.39 is 11.9 Å². The minimum Gasteiger partial charge on any atom is -0.336 e. The zero-order valence-electron chi connectivity index (χ0n) is 12.0. The number of piperazine rings is 1. The number of pyridine rings is 1. The molecule has 0 saturated carbocycles. The summed E-state index contributed by atoms with van der Waals surface area (Å²) in [5.74, 6) is -0.288. The fraction of sp³-hybridized carbons (Fsp3) is 0.385. The number of carbonyl (C=O) groups is 1. The van der Waals surface area contributed by atoms with E-state index in [4.69, 9.17) is 0 Å². The first-order valence-corrected chi connectivity index (χ1v) is 7.55. The third-order valence-electron chi connectivity index (χ3n) is 3.35. The van der Waals surface area contributed by atoms with Crippen molar-refractivity contribution >= 4 is 28.1 Å². The van der Waals surface area contributed by atoms with Gasteiger partial charge < -0.3 is 9.80 Å². The Kier molecular flexibility index (Phi) is 3.92. The number of aromatic nitrogens is 3. The number of hydrogen-bond donors (Lipinski definition) is 0. The predicted molar refractivity (Wildman–Crippen MR) is 78.5 cm³/mol. The van der Waals surface area contributed by atoms with Crippen LogP contribution >= 0.6 is 11.3 Å². The molecule has 1 amide bonds. The molecule has 23 heavy (non-hydrogen) atoms. The van der Waals surface area contributed by atoms with Crippen molar-refractivity contribution in [2.24, 2.45) is 0 Å². The molecule has 1 aliphatic rings. The average molecular weight is 343 g/mol. The summed E-state index contributed by atoms with van der Waals surface area (Å²) in [7, 11) is 0. The fourth-order valence-electron chi connectivity index (χ4n) is 2.27. The van der Waals surface area contributed by atoms with Crippen molar-refractivity contribution in [3.05, 3.63) is 29.0 Å². The first-order valence-electron chi connectivity index (χ1n) is 6.73. The van der Waals surface area contributed by atoms with Gasteiger partial charge in [0.1, 0.15) is 10.7 Å². The van der Waals surface area contributed by atoms with Gasteiger partial charge in [0.05, 0.1) is 6.54 Å². The molecule has 1 saturated heterocycles. The van der Waals surface area contributed by atoms with Crippen LogP contribution in [-0.2, 0) is 11.0 Å². The summed E-state index contributed by atoms with van der Waals surface area (Å²) in [6, 6.07) is 2.29. The molecule has 0 N–H and O–H groups in total. The molecule has 122 valence electrons. The fourth-order valence-corrected chi connectivity index (χ4v) is 2.98. The minimum absolute atomic E-state index is 0.0539. The van der Waals surface area contributed by atoms with E-state index in [-0.39, 0.29) is 24.7 Å². The molecule has 1 aliphatic heterocycles. The molecule has 0 aliphatic carbocycles.